The average Bonchev–Trinajstić information content (AvgIpc) is 2.68. The van der Waals surface area contributed by atoms with E-state index in [1.807, 2.05) is 24.3 Å². The van der Waals surface area contributed by atoms with Crippen molar-refractivity contribution < 1.29 is 9.90 Å². The van der Waals surface area contributed by atoms with Crippen molar-refractivity contribution in [1.29, 1.82) is 0 Å². The first-order chi connectivity index (χ1) is 8.56. The third-order valence-electron chi connectivity index (χ3n) is 2.28. The number of carboxylic acid groups (broad SMARTS) is 1. The molecular weight excluding hydrogens is 270 g/mol. The molecule has 0 radical (unpaired) electrons. The van der Waals surface area contributed by atoms with Crippen molar-refractivity contribution in [2.24, 2.45) is 0 Å². The van der Waals surface area contributed by atoms with E-state index in [0.717, 1.165) is 5.56 Å². The molecule has 1 aromatic heterocycles. The molecule has 92 valence electrons. The van der Waals surface area contributed by atoms with Crippen LogP contribution in [0.4, 0.5) is 0 Å². The number of hydrogen-bond acceptors (Lipinski definition) is 3. The van der Waals surface area contributed by atoms with Crippen LogP contribution in [0.5, 0.6) is 0 Å². The summed E-state index contributed by atoms with van der Waals surface area (Å²) < 4.78 is 0. The Morgan fingerprint density at radius 3 is 2.83 bits per heavy atom. The van der Waals surface area contributed by atoms with Gasteiger partial charge in [0.25, 0.3) is 0 Å². The first-order valence-corrected chi connectivity index (χ1v) is 6.40. The third-order valence-corrected chi connectivity index (χ3v) is 3.45. The molecule has 5 heteroatoms. The standard InChI is InChI=1S/C13H10ClNO2S/c1-8-12(13(16)17)15-11(18-8)6-5-9-3-2-4-10(14)7-9/h2-7H,1H3,(H,16,17)/b6-5+. The highest BCUT2D eigenvalue weighted by atomic mass is 35.5. The number of thiazole rings is 1. The van der Waals surface area contributed by atoms with Crippen LogP contribution in [0.25, 0.3) is 12.2 Å². The van der Waals surface area contributed by atoms with E-state index >= 15 is 0 Å². The molecule has 2 rings (SSSR count). The molecule has 0 saturated carbocycles. The van der Waals surface area contributed by atoms with Crippen LogP contribution >= 0.6 is 22.9 Å². The fourth-order valence-corrected chi connectivity index (χ4v) is 2.48. The summed E-state index contributed by atoms with van der Waals surface area (Å²) >= 11 is 7.23. The van der Waals surface area contributed by atoms with Gasteiger partial charge in [-0.3, -0.25) is 0 Å². The molecule has 0 saturated heterocycles. The Hall–Kier alpha value is -1.65. The first kappa shape index (κ1) is 12.8. The molecule has 0 aliphatic carbocycles. The third kappa shape index (κ3) is 2.97. The SMILES string of the molecule is Cc1sc(/C=C/c2cccc(Cl)c2)nc1C(=O)O. The van der Waals surface area contributed by atoms with Crippen molar-refractivity contribution in [3.05, 3.63) is 50.4 Å². The zero-order valence-corrected chi connectivity index (χ0v) is 11.1. The van der Waals surface area contributed by atoms with Crippen LogP contribution in [0, 0.1) is 6.92 Å². The van der Waals surface area contributed by atoms with E-state index in [2.05, 4.69) is 4.98 Å². The first-order valence-electron chi connectivity index (χ1n) is 5.20. The molecule has 0 unspecified atom stereocenters. The highest BCUT2D eigenvalue weighted by Gasteiger charge is 2.12. The average molecular weight is 280 g/mol. The van der Waals surface area contributed by atoms with Crippen LogP contribution in [0.3, 0.4) is 0 Å². The van der Waals surface area contributed by atoms with Crippen molar-refractivity contribution >= 4 is 41.1 Å². The van der Waals surface area contributed by atoms with E-state index in [9.17, 15) is 4.79 Å². The number of aromatic nitrogens is 1. The quantitative estimate of drug-likeness (QED) is 0.925. The van der Waals surface area contributed by atoms with Crippen molar-refractivity contribution in [2.75, 3.05) is 0 Å². The molecule has 0 aliphatic rings. The Morgan fingerprint density at radius 2 is 2.22 bits per heavy atom. The smallest absolute Gasteiger partial charge is 0.355 e. The highest BCUT2D eigenvalue weighted by Crippen LogP contribution is 2.20. The second kappa shape index (κ2) is 5.33. The Labute approximate surface area is 113 Å². The van der Waals surface area contributed by atoms with Crippen LogP contribution in [-0.4, -0.2) is 16.1 Å². The summed E-state index contributed by atoms with van der Waals surface area (Å²) in [6.45, 7) is 1.75. The summed E-state index contributed by atoms with van der Waals surface area (Å²) in [5.41, 5.74) is 1.07. The Kier molecular flexibility index (Phi) is 3.79. The number of nitrogens with zero attached hydrogens (tertiary/aromatic N) is 1. The summed E-state index contributed by atoms with van der Waals surface area (Å²) in [7, 11) is 0. The topological polar surface area (TPSA) is 50.2 Å². The lowest BCUT2D eigenvalue weighted by Crippen LogP contribution is -1.98. The number of aromatic carboxylic acids is 1. The lowest BCUT2D eigenvalue weighted by Gasteiger charge is -1.92. The highest BCUT2D eigenvalue weighted by molar-refractivity contribution is 7.12. The van der Waals surface area contributed by atoms with E-state index in [4.69, 9.17) is 16.7 Å². The van der Waals surface area contributed by atoms with E-state index < -0.39 is 5.97 Å². The van der Waals surface area contributed by atoms with Gasteiger partial charge in [0.15, 0.2) is 5.69 Å². The van der Waals surface area contributed by atoms with Crippen molar-refractivity contribution in [2.45, 2.75) is 6.92 Å². The van der Waals surface area contributed by atoms with E-state index in [-0.39, 0.29) is 5.69 Å². The van der Waals surface area contributed by atoms with Gasteiger partial charge < -0.3 is 5.11 Å². The minimum Gasteiger partial charge on any atom is -0.476 e. The molecule has 0 amide bonds. The minimum atomic E-state index is -0.994. The van der Waals surface area contributed by atoms with Gasteiger partial charge in [-0.1, -0.05) is 29.8 Å². The van der Waals surface area contributed by atoms with E-state index in [1.165, 1.54) is 11.3 Å². The maximum Gasteiger partial charge on any atom is 0.355 e. The second-order valence-corrected chi connectivity index (χ2v) is 5.32. The Bertz CT molecular complexity index is 619. The van der Waals surface area contributed by atoms with E-state index in [1.54, 1.807) is 19.1 Å². The second-order valence-electron chi connectivity index (χ2n) is 3.65. The minimum absolute atomic E-state index is 0.116. The molecule has 3 nitrogen and oxygen atoms in total. The maximum atomic E-state index is 10.9. The Morgan fingerprint density at radius 1 is 1.44 bits per heavy atom. The van der Waals surface area contributed by atoms with Gasteiger partial charge >= 0.3 is 5.97 Å². The van der Waals surface area contributed by atoms with Crippen LogP contribution in [0.2, 0.25) is 5.02 Å². The number of aryl methyl sites for hydroxylation is 1. The van der Waals surface area contributed by atoms with Gasteiger partial charge in [-0.15, -0.1) is 11.3 Å². The summed E-state index contributed by atoms with van der Waals surface area (Å²) in [5.74, 6) is -0.994. The molecule has 18 heavy (non-hydrogen) atoms. The van der Waals surface area contributed by atoms with E-state index in [0.29, 0.717) is 14.9 Å². The number of rotatable bonds is 3. The lowest BCUT2D eigenvalue weighted by atomic mass is 10.2. The van der Waals surface area contributed by atoms with Crippen LogP contribution in [0.1, 0.15) is 25.9 Å². The predicted molar refractivity (Wildman–Crippen MR) is 74.2 cm³/mol. The van der Waals surface area contributed by atoms with Gasteiger partial charge in [0, 0.05) is 9.90 Å². The summed E-state index contributed by atoms with van der Waals surface area (Å²) in [5, 5.41) is 10.2. The molecular formula is C13H10ClNO2S. The molecule has 1 heterocycles. The molecule has 0 atom stereocenters. The molecule has 0 bridgehead atoms. The number of hydrogen-bond donors (Lipinski definition) is 1. The summed E-state index contributed by atoms with van der Waals surface area (Å²) in [6.07, 6.45) is 3.64. The van der Waals surface area contributed by atoms with Crippen molar-refractivity contribution in [3.63, 3.8) is 0 Å². The van der Waals surface area contributed by atoms with Crippen LogP contribution in [-0.2, 0) is 0 Å². The van der Waals surface area contributed by atoms with Crippen molar-refractivity contribution in [3.8, 4) is 0 Å². The van der Waals surface area contributed by atoms with Gasteiger partial charge in [-0.25, -0.2) is 9.78 Å². The molecule has 0 spiro atoms. The predicted octanol–water partition coefficient (Wildman–Crippen LogP) is 3.97. The van der Waals surface area contributed by atoms with Crippen LogP contribution < -0.4 is 0 Å². The number of halogens is 1. The fraction of sp³-hybridized carbons (Fsp3) is 0.0769. The van der Waals surface area contributed by atoms with Gasteiger partial charge in [0.1, 0.15) is 5.01 Å². The van der Waals surface area contributed by atoms with Gasteiger partial charge in [0.2, 0.25) is 0 Å². The van der Waals surface area contributed by atoms with Crippen molar-refractivity contribution in [1.82, 2.24) is 4.98 Å². The molecule has 0 fully saturated rings. The zero-order valence-electron chi connectivity index (χ0n) is 9.55. The number of benzene rings is 1. The normalized spacial score (nSPS) is 11.0. The van der Waals surface area contributed by atoms with Gasteiger partial charge in [0.05, 0.1) is 0 Å². The monoisotopic (exact) mass is 279 g/mol. The molecule has 0 aliphatic heterocycles. The largest absolute Gasteiger partial charge is 0.476 e. The summed E-state index contributed by atoms with van der Waals surface area (Å²) in [4.78, 5) is 15.6. The number of carbonyl (C=O) groups is 1. The molecule has 1 aromatic carbocycles. The van der Waals surface area contributed by atoms with Crippen LogP contribution in [0.15, 0.2) is 24.3 Å². The van der Waals surface area contributed by atoms with Gasteiger partial charge in [-0.05, 0) is 30.7 Å². The zero-order chi connectivity index (χ0) is 13.1. The van der Waals surface area contributed by atoms with Gasteiger partial charge in [-0.2, -0.15) is 0 Å². The maximum absolute atomic E-state index is 10.9. The molecule has 1 N–H and O–H groups in total. The molecule has 2 aromatic rings. The lowest BCUT2D eigenvalue weighted by molar-refractivity contribution is 0.0690. The Balaban J connectivity index is 2.24. The number of carboxylic acids is 1. The fourth-order valence-electron chi connectivity index (χ4n) is 1.46. The summed E-state index contributed by atoms with van der Waals surface area (Å²) in [6, 6.07) is 7.41.